The van der Waals surface area contributed by atoms with E-state index >= 15 is 0 Å². The lowest BCUT2D eigenvalue weighted by Gasteiger charge is -2.22. The van der Waals surface area contributed by atoms with Crippen molar-refractivity contribution in [2.24, 2.45) is 11.3 Å². The van der Waals surface area contributed by atoms with Gasteiger partial charge in [-0.25, -0.2) is 0 Å². The van der Waals surface area contributed by atoms with Gasteiger partial charge in [0.1, 0.15) is 5.41 Å². The number of amides is 1. The molecule has 0 radical (unpaired) electrons. The Kier molecular flexibility index (Phi) is 3.94. The molecule has 4 heteroatoms. The predicted octanol–water partition coefficient (Wildman–Crippen LogP) is 1.44. The molecule has 0 aromatic heterocycles. The van der Waals surface area contributed by atoms with Gasteiger partial charge in [0, 0.05) is 13.6 Å². The first-order valence-electron chi connectivity index (χ1n) is 5.78. The molecule has 1 fully saturated rings. The zero-order chi connectivity index (χ0) is 12.3. The lowest BCUT2D eigenvalue weighted by molar-refractivity contribution is -0.155. The van der Waals surface area contributed by atoms with Crippen LogP contribution in [0.4, 0.5) is 0 Å². The van der Waals surface area contributed by atoms with Crippen LogP contribution in [0.1, 0.15) is 33.1 Å². The Bertz CT molecular complexity index is 282. The Labute approximate surface area is 96.9 Å². The third-order valence-electron chi connectivity index (χ3n) is 3.12. The first kappa shape index (κ1) is 13.0. The third kappa shape index (κ3) is 2.54. The highest BCUT2D eigenvalue weighted by atomic mass is 16.5. The number of ether oxygens (including phenoxy) is 1. The van der Waals surface area contributed by atoms with Crippen molar-refractivity contribution in [3.05, 3.63) is 0 Å². The van der Waals surface area contributed by atoms with Gasteiger partial charge in [0.25, 0.3) is 0 Å². The summed E-state index contributed by atoms with van der Waals surface area (Å²) >= 11 is 0. The molecule has 1 rings (SSSR count). The van der Waals surface area contributed by atoms with Crippen molar-refractivity contribution in [2.45, 2.75) is 33.1 Å². The van der Waals surface area contributed by atoms with Gasteiger partial charge in [0.15, 0.2) is 0 Å². The van der Waals surface area contributed by atoms with E-state index in [1.54, 1.807) is 11.9 Å². The summed E-state index contributed by atoms with van der Waals surface area (Å²) in [5, 5.41) is 0. The summed E-state index contributed by atoms with van der Waals surface area (Å²) in [6, 6.07) is 0. The minimum Gasteiger partial charge on any atom is -0.468 e. The second-order valence-corrected chi connectivity index (χ2v) is 4.98. The van der Waals surface area contributed by atoms with Crippen LogP contribution in [0.25, 0.3) is 0 Å². The van der Waals surface area contributed by atoms with Gasteiger partial charge in [-0.05, 0) is 25.2 Å². The number of carbonyl (C=O) groups excluding carboxylic acids is 2. The monoisotopic (exact) mass is 227 g/mol. The second-order valence-electron chi connectivity index (χ2n) is 4.98. The Balaban J connectivity index is 2.54. The van der Waals surface area contributed by atoms with E-state index in [1.165, 1.54) is 7.11 Å². The molecule has 92 valence electrons. The third-order valence-corrected chi connectivity index (χ3v) is 3.12. The van der Waals surface area contributed by atoms with Gasteiger partial charge in [-0.15, -0.1) is 0 Å². The summed E-state index contributed by atoms with van der Waals surface area (Å²) in [4.78, 5) is 25.2. The fourth-order valence-corrected chi connectivity index (χ4v) is 1.74. The standard InChI is InChI=1S/C12H21NO3/c1-9(2)5-8-13(3)10(14)12(6-7-12)11(15)16-4/h9H,5-8H2,1-4H3. The van der Waals surface area contributed by atoms with Crippen LogP contribution in [-0.2, 0) is 14.3 Å². The average molecular weight is 227 g/mol. The highest BCUT2D eigenvalue weighted by molar-refractivity contribution is 6.05. The Hall–Kier alpha value is -1.06. The maximum atomic E-state index is 12.1. The van der Waals surface area contributed by atoms with Gasteiger partial charge >= 0.3 is 5.97 Å². The quantitative estimate of drug-likeness (QED) is 0.527. The summed E-state index contributed by atoms with van der Waals surface area (Å²) in [5.74, 6) is 0.0948. The number of nitrogens with zero attached hydrogens (tertiary/aromatic N) is 1. The molecule has 1 saturated carbocycles. The molecule has 16 heavy (non-hydrogen) atoms. The number of hydrogen-bond acceptors (Lipinski definition) is 3. The van der Waals surface area contributed by atoms with E-state index < -0.39 is 5.41 Å². The van der Waals surface area contributed by atoms with Crippen LogP contribution >= 0.6 is 0 Å². The molecule has 0 bridgehead atoms. The molecular weight excluding hydrogens is 206 g/mol. The van der Waals surface area contributed by atoms with Gasteiger partial charge < -0.3 is 9.64 Å². The molecule has 0 aromatic rings. The molecule has 1 aliphatic rings. The molecule has 0 atom stereocenters. The highest BCUT2D eigenvalue weighted by Gasteiger charge is 2.58. The number of carbonyl (C=O) groups is 2. The van der Waals surface area contributed by atoms with E-state index in [0.29, 0.717) is 25.3 Å². The van der Waals surface area contributed by atoms with Crippen molar-refractivity contribution in [1.29, 1.82) is 0 Å². The van der Waals surface area contributed by atoms with E-state index in [-0.39, 0.29) is 11.9 Å². The van der Waals surface area contributed by atoms with Crippen LogP contribution in [0.5, 0.6) is 0 Å². The van der Waals surface area contributed by atoms with Crippen LogP contribution in [0.2, 0.25) is 0 Å². The van der Waals surface area contributed by atoms with Crippen LogP contribution in [0.3, 0.4) is 0 Å². The minimum absolute atomic E-state index is 0.0833. The zero-order valence-electron chi connectivity index (χ0n) is 10.6. The summed E-state index contributed by atoms with van der Waals surface area (Å²) in [7, 11) is 3.09. The maximum absolute atomic E-state index is 12.1. The molecule has 0 heterocycles. The first-order valence-corrected chi connectivity index (χ1v) is 5.78. The summed E-state index contributed by atoms with van der Waals surface area (Å²) in [6.45, 7) is 4.94. The first-order chi connectivity index (χ1) is 7.44. The molecule has 0 unspecified atom stereocenters. The summed E-state index contributed by atoms with van der Waals surface area (Å²) in [6.07, 6.45) is 2.22. The van der Waals surface area contributed by atoms with Gasteiger partial charge in [0.05, 0.1) is 7.11 Å². The average Bonchev–Trinajstić information content (AvgIpc) is 3.04. The van der Waals surface area contributed by atoms with Crippen LogP contribution < -0.4 is 0 Å². The SMILES string of the molecule is COC(=O)C1(C(=O)N(C)CCC(C)C)CC1. The van der Waals surface area contributed by atoms with Gasteiger partial charge in [-0.1, -0.05) is 13.8 Å². The van der Waals surface area contributed by atoms with Crippen LogP contribution in [-0.4, -0.2) is 37.5 Å². The van der Waals surface area contributed by atoms with Crippen LogP contribution in [0.15, 0.2) is 0 Å². The van der Waals surface area contributed by atoms with Crippen molar-refractivity contribution in [1.82, 2.24) is 4.90 Å². The molecule has 1 aliphatic carbocycles. The summed E-state index contributed by atoms with van der Waals surface area (Å²) < 4.78 is 4.69. The molecule has 0 spiro atoms. The van der Waals surface area contributed by atoms with Crippen molar-refractivity contribution < 1.29 is 14.3 Å². The van der Waals surface area contributed by atoms with E-state index in [2.05, 4.69) is 18.6 Å². The van der Waals surface area contributed by atoms with Crippen molar-refractivity contribution in [2.75, 3.05) is 20.7 Å². The molecular formula is C12H21NO3. The lowest BCUT2D eigenvalue weighted by Crippen LogP contribution is -2.39. The summed E-state index contributed by atoms with van der Waals surface area (Å²) in [5.41, 5.74) is -0.847. The van der Waals surface area contributed by atoms with Gasteiger partial charge in [0.2, 0.25) is 5.91 Å². The Morgan fingerprint density at radius 1 is 1.38 bits per heavy atom. The Morgan fingerprint density at radius 2 is 1.94 bits per heavy atom. The molecule has 0 N–H and O–H groups in total. The largest absolute Gasteiger partial charge is 0.468 e. The minimum atomic E-state index is -0.847. The fraction of sp³-hybridized carbons (Fsp3) is 0.833. The van der Waals surface area contributed by atoms with Gasteiger partial charge in [-0.2, -0.15) is 0 Å². The Morgan fingerprint density at radius 3 is 2.31 bits per heavy atom. The molecule has 1 amide bonds. The van der Waals surface area contributed by atoms with Crippen molar-refractivity contribution in [3.63, 3.8) is 0 Å². The number of rotatable bonds is 5. The normalized spacial score (nSPS) is 17.1. The lowest BCUT2D eigenvalue weighted by atomic mass is 10.1. The van der Waals surface area contributed by atoms with E-state index in [9.17, 15) is 9.59 Å². The van der Waals surface area contributed by atoms with Crippen LogP contribution in [0, 0.1) is 11.3 Å². The number of hydrogen-bond donors (Lipinski definition) is 0. The van der Waals surface area contributed by atoms with E-state index in [4.69, 9.17) is 0 Å². The van der Waals surface area contributed by atoms with E-state index in [1.807, 2.05) is 0 Å². The van der Waals surface area contributed by atoms with Gasteiger partial charge in [-0.3, -0.25) is 9.59 Å². The molecule has 0 aliphatic heterocycles. The number of esters is 1. The zero-order valence-corrected chi connectivity index (χ0v) is 10.6. The molecule has 0 saturated heterocycles. The maximum Gasteiger partial charge on any atom is 0.321 e. The predicted molar refractivity (Wildman–Crippen MR) is 60.8 cm³/mol. The second kappa shape index (κ2) is 4.85. The topological polar surface area (TPSA) is 46.6 Å². The fourth-order valence-electron chi connectivity index (χ4n) is 1.74. The van der Waals surface area contributed by atoms with Crippen molar-refractivity contribution >= 4 is 11.9 Å². The highest BCUT2D eigenvalue weighted by Crippen LogP contribution is 2.48. The molecule has 4 nitrogen and oxygen atoms in total. The van der Waals surface area contributed by atoms with Crippen molar-refractivity contribution in [3.8, 4) is 0 Å². The number of methoxy groups -OCH3 is 1. The smallest absolute Gasteiger partial charge is 0.321 e. The van der Waals surface area contributed by atoms with E-state index in [0.717, 1.165) is 6.42 Å². The molecule has 0 aromatic carbocycles.